The fourth-order valence-electron chi connectivity index (χ4n) is 3.64. The summed E-state index contributed by atoms with van der Waals surface area (Å²) in [5, 5.41) is 5.29. The summed E-state index contributed by atoms with van der Waals surface area (Å²) in [7, 11) is -2.12. The van der Waals surface area contributed by atoms with E-state index in [4.69, 9.17) is 5.10 Å². The molecule has 0 radical (unpaired) electrons. The van der Waals surface area contributed by atoms with Crippen LogP contribution in [0.2, 0.25) is 0 Å². The molecule has 2 heterocycles. The van der Waals surface area contributed by atoms with E-state index < -0.39 is 10.0 Å². The molecule has 1 aliphatic carbocycles. The van der Waals surface area contributed by atoms with E-state index in [0.29, 0.717) is 17.1 Å². The van der Waals surface area contributed by atoms with Crippen molar-refractivity contribution in [1.82, 2.24) is 19.5 Å². The SMILES string of the molecule is CNS(=O)(=O)c1ccc(-c2nn(C3CCCC3)c3cc[nH]c(=O)c23)cc1. The van der Waals surface area contributed by atoms with E-state index in [2.05, 4.69) is 9.71 Å². The van der Waals surface area contributed by atoms with E-state index in [1.807, 2.05) is 10.7 Å². The molecule has 0 bridgehead atoms. The predicted molar refractivity (Wildman–Crippen MR) is 99.5 cm³/mol. The van der Waals surface area contributed by atoms with Gasteiger partial charge in [-0.1, -0.05) is 25.0 Å². The first-order valence-electron chi connectivity index (χ1n) is 8.65. The quantitative estimate of drug-likeness (QED) is 0.735. The molecule has 26 heavy (non-hydrogen) atoms. The molecule has 0 atom stereocenters. The number of pyridine rings is 1. The predicted octanol–water partition coefficient (Wildman–Crippen LogP) is 2.41. The summed E-state index contributed by atoms with van der Waals surface area (Å²) in [5.41, 5.74) is 1.94. The number of nitrogens with one attached hydrogen (secondary N) is 2. The van der Waals surface area contributed by atoms with Crippen LogP contribution < -0.4 is 10.3 Å². The van der Waals surface area contributed by atoms with Crippen LogP contribution in [0.25, 0.3) is 22.2 Å². The second-order valence-electron chi connectivity index (χ2n) is 6.53. The molecule has 7 nitrogen and oxygen atoms in total. The number of H-pyrrole nitrogens is 1. The summed E-state index contributed by atoms with van der Waals surface area (Å²) >= 11 is 0. The van der Waals surface area contributed by atoms with Crippen molar-refractivity contribution >= 4 is 20.9 Å². The van der Waals surface area contributed by atoms with Gasteiger partial charge in [-0.25, -0.2) is 13.1 Å². The van der Waals surface area contributed by atoms with Crippen LogP contribution >= 0.6 is 0 Å². The van der Waals surface area contributed by atoms with Gasteiger partial charge in [0, 0.05) is 11.8 Å². The lowest BCUT2D eigenvalue weighted by Gasteiger charge is -2.10. The second-order valence-corrected chi connectivity index (χ2v) is 8.42. The molecule has 1 aromatic carbocycles. The summed E-state index contributed by atoms with van der Waals surface area (Å²) in [5.74, 6) is 0. The van der Waals surface area contributed by atoms with Crippen molar-refractivity contribution in [3.63, 3.8) is 0 Å². The van der Waals surface area contributed by atoms with E-state index in [1.165, 1.54) is 32.0 Å². The maximum absolute atomic E-state index is 12.5. The zero-order chi connectivity index (χ0) is 18.3. The molecule has 0 saturated heterocycles. The van der Waals surface area contributed by atoms with Gasteiger partial charge in [0.1, 0.15) is 5.69 Å². The lowest BCUT2D eigenvalue weighted by Crippen LogP contribution is -2.18. The minimum Gasteiger partial charge on any atom is -0.328 e. The third-order valence-electron chi connectivity index (χ3n) is 5.01. The van der Waals surface area contributed by atoms with Gasteiger partial charge in [-0.15, -0.1) is 0 Å². The highest BCUT2D eigenvalue weighted by Crippen LogP contribution is 2.34. The Bertz CT molecular complexity index is 1110. The third kappa shape index (κ3) is 2.75. The van der Waals surface area contributed by atoms with Gasteiger partial charge >= 0.3 is 0 Å². The number of sulfonamides is 1. The van der Waals surface area contributed by atoms with E-state index in [0.717, 1.165) is 23.9 Å². The van der Waals surface area contributed by atoms with Crippen molar-refractivity contribution in [1.29, 1.82) is 0 Å². The second kappa shape index (κ2) is 6.37. The number of hydrogen-bond acceptors (Lipinski definition) is 4. The Hall–Kier alpha value is -2.45. The maximum atomic E-state index is 12.5. The summed E-state index contributed by atoms with van der Waals surface area (Å²) in [6.07, 6.45) is 6.09. The van der Waals surface area contributed by atoms with Crippen LogP contribution in [-0.2, 0) is 10.0 Å². The van der Waals surface area contributed by atoms with Gasteiger partial charge < -0.3 is 4.98 Å². The van der Waals surface area contributed by atoms with E-state index >= 15 is 0 Å². The van der Waals surface area contributed by atoms with Gasteiger partial charge in [0.05, 0.1) is 21.8 Å². The fourth-order valence-corrected chi connectivity index (χ4v) is 4.37. The Morgan fingerprint density at radius 3 is 2.50 bits per heavy atom. The number of nitrogens with zero attached hydrogens (tertiary/aromatic N) is 2. The fraction of sp³-hybridized carbons (Fsp3) is 0.333. The summed E-state index contributed by atoms with van der Waals surface area (Å²) in [6.45, 7) is 0. The van der Waals surface area contributed by atoms with Gasteiger partial charge in [0.25, 0.3) is 5.56 Å². The first-order valence-corrected chi connectivity index (χ1v) is 10.1. The van der Waals surface area contributed by atoms with Gasteiger partial charge in [0.2, 0.25) is 10.0 Å². The van der Waals surface area contributed by atoms with Crippen LogP contribution in [0.1, 0.15) is 31.7 Å². The highest BCUT2D eigenvalue weighted by atomic mass is 32.2. The molecule has 0 spiro atoms. The van der Waals surface area contributed by atoms with Crippen molar-refractivity contribution < 1.29 is 8.42 Å². The van der Waals surface area contributed by atoms with Crippen molar-refractivity contribution in [3.8, 4) is 11.3 Å². The largest absolute Gasteiger partial charge is 0.328 e. The number of benzene rings is 1. The summed E-state index contributed by atoms with van der Waals surface area (Å²) < 4.78 is 28.1. The minimum absolute atomic E-state index is 0.178. The molecule has 1 fully saturated rings. The van der Waals surface area contributed by atoms with Crippen molar-refractivity contribution in [3.05, 3.63) is 46.9 Å². The standard InChI is InChI=1S/C18H20N4O3S/c1-19-26(24,25)14-8-6-12(7-9-14)17-16-15(10-11-20-18(16)23)22(21-17)13-4-2-3-5-13/h6-11,13,19H,2-5H2,1H3,(H,20,23). The maximum Gasteiger partial charge on any atom is 0.259 e. The lowest BCUT2D eigenvalue weighted by molar-refractivity contribution is 0.483. The zero-order valence-electron chi connectivity index (χ0n) is 14.4. The average molecular weight is 372 g/mol. The zero-order valence-corrected chi connectivity index (χ0v) is 15.2. The third-order valence-corrected chi connectivity index (χ3v) is 6.44. The Balaban J connectivity index is 1.88. The van der Waals surface area contributed by atoms with E-state index in [1.54, 1.807) is 18.3 Å². The number of aromatic nitrogens is 3. The molecule has 4 rings (SSSR count). The normalized spacial score (nSPS) is 15.7. The molecule has 3 aromatic rings. The molecule has 1 aliphatic rings. The minimum atomic E-state index is -3.50. The van der Waals surface area contributed by atoms with Gasteiger partial charge in [0.15, 0.2) is 0 Å². The number of aromatic amines is 1. The van der Waals surface area contributed by atoms with Gasteiger partial charge in [-0.3, -0.25) is 9.48 Å². The smallest absolute Gasteiger partial charge is 0.259 e. The van der Waals surface area contributed by atoms with E-state index in [9.17, 15) is 13.2 Å². The van der Waals surface area contributed by atoms with Crippen molar-refractivity contribution in [2.24, 2.45) is 0 Å². The number of rotatable bonds is 4. The first-order chi connectivity index (χ1) is 12.5. The monoisotopic (exact) mass is 372 g/mol. The highest BCUT2D eigenvalue weighted by Gasteiger charge is 2.23. The molecule has 0 unspecified atom stereocenters. The van der Waals surface area contributed by atoms with Crippen LogP contribution in [0.3, 0.4) is 0 Å². The lowest BCUT2D eigenvalue weighted by atomic mass is 10.1. The molecule has 2 aromatic heterocycles. The van der Waals surface area contributed by atoms with E-state index in [-0.39, 0.29) is 10.5 Å². The topological polar surface area (TPSA) is 96.8 Å². The molecule has 0 amide bonds. The molecule has 2 N–H and O–H groups in total. The summed E-state index contributed by atoms with van der Waals surface area (Å²) in [6, 6.07) is 8.62. The Morgan fingerprint density at radius 2 is 1.85 bits per heavy atom. The summed E-state index contributed by atoms with van der Waals surface area (Å²) in [4.78, 5) is 15.4. The van der Waals surface area contributed by atoms with Crippen LogP contribution in [0.4, 0.5) is 0 Å². The van der Waals surface area contributed by atoms with Gasteiger partial charge in [-0.2, -0.15) is 5.10 Å². The van der Waals surface area contributed by atoms with Crippen molar-refractivity contribution in [2.45, 2.75) is 36.6 Å². The van der Waals surface area contributed by atoms with Crippen LogP contribution in [-0.4, -0.2) is 30.2 Å². The van der Waals surface area contributed by atoms with Crippen LogP contribution in [0.15, 0.2) is 46.2 Å². The molecule has 0 aliphatic heterocycles. The highest BCUT2D eigenvalue weighted by molar-refractivity contribution is 7.89. The first kappa shape index (κ1) is 17.0. The molecule has 136 valence electrons. The van der Waals surface area contributed by atoms with Crippen molar-refractivity contribution in [2.75, 3.05) is 7.05 Å². The molecular weight excluding hydrogens is 352 g/mol. The Kier molecular flexibility index (Phi) is 4.16. The van der Waals surface area contributed by atoms with Crippen LogP contribution in [0.5, 0.6) is 0 Å². The molecular formula is C18H20N4O3S. The Labute approximate surface area is 151 Å². The Morgan fingerprint density at radius 1 is 1.15 bits per heavy atom. The van der Waals surface area contributed by atoms with Gasteiger partial charge in [-0.05, 0) is 38.1 Å². The number of fused-ring (bicyclic) bond motifs is 1. The molecule has 1 saturated carbocycles. The average Bonchev–Trinajstić information content (AvgIpc) is 3.30. The number of hydrogen-bond donors (Lipinski definition) is 2. The van der Waals surface area contributed by atoms with Crippen LogP contribution in [0, 0.1) is 0 Å². The molecule has 8 heteroatoms.